The zero-order valence-corrected chi connectivity index (χ0v) is 13.7. The average Bonchev–Trinajstić information content (AvgIpc) is 3.04. The maximum absolute atomic E-state index is 12.6. The van der Waals surface area contributed by atoms with Gasteiger partial charge in [-0.2, -0.15) is 0 Å². The van der Waals surface area contributed by atoms with Crippen LogP contribution in [0, 0.1) is 0 Å². The predicted octanol–water partition coefficient (Wildman–Crippen LogP) is 2.88. The summed E-state index contributed by atoms with van der Waals surface area (Å²) < 4.78 is 0. The van der Waals surface area contributed by atoms with Gasteiger partial charge >= 0.3 is 5.97 Å². The number of carboxylic acid groups (broad SMARTS) is 1. The first-order valence-electron chi connectivity index (χ1n) is 8.17. The monoisotopic (exact) mass is 323 g/mol. The molecule has 4 nitrogen and oxygen atoms in total. The smallest absolute Gasteiger partial charge is 0.315 e. The Hall–Kier alpha value is -2.62. The first-order valence-corrected chi connectivity index (χ1v) is 8.17. The summed E-state index contributed by atoms with van der Waals surface area (Å²) in [7, 11) is 0. The number of rotatable bonds is 5. The second kappa shape index (κ2) is 6.48. The molecule has 0 heterocycles. The fraction of sp³-hybridized carbons (Fsp3) is 0.300. The van der Waals surface area contributed by atoms with Gasteiger partial charge in [-0.15, -0.1) is 0 Å². The lowest BCUT2D eigenvalue weighted by Gasteiger charge is -2.26. The van der Waals surface area contributed by atoms with Gasteiger partial charge in [0.25, 0.3) is 0 Å². The Kier molecular flexibility index (Phi) is 4.38. The van der Waals surface area contributed by atoms with E-state index in [2.05, 4.69) is 5.32 Å². The van der Waals surface area contributed by atoms with Crippen molar-refractivity contribution in [3.8, 4) is 0 Å². The van der Waals surface area contributed by atoms with Gasteiger partial charge in [0.2, 0.25) is 5.91 Å². The van der Waals surface area contributed by atoms with Crippen LogP contribution >= 0.6 is 0 Å². The molecule has 1 aliphatic carbocycles. The first kappa shape index (κ1) is 16.2. The number of fused-ring (bicyclic) bond motifs is 1. The Morgan fingerprint density at radius 3 is 2.50 bits per heavy atom. The fourth-order valence-corrected chi connectivity index (χ4v) is 3.32. The number of carboxylic acids is 1. The molecule has 0 fully saturated rings. The van der Waals surface area contributed by atoms with Crippen molar-refractivity contribution in [2.75, 3.05) is 6.54 Å². The van der Waals surface area contributed by atoms with E-state index in [-0.39, 0.29) is 18.4 Å². The summed E-state index contributed by atoms with van der Waals surface area (Å²) in [5.41, 5.74) is 1.81. The number of hydrogen-bond acceptors (Lipinski definition) is 2. The molecule has 24 heavy (non-hydrogen) atoms. The highest BCUT2D eigenvalue weighted by atomic mass is 16.4. The largest absolute Gasteiger partial charge is 0.481 e. The van der Waals surface area contributed by atoms with Crippen LogP contribution in [0.1, 0.15) is 36.0 Å². The molecule has 1 amide bonds. The third-order valence-electron chi connectivity index (χ3n) is 4.95. The van der Waals surface area contributed by atoms with E-state index in [9.17, 15) is 14.7 Å². The van der Waals surface area contributed by atoms with Crippen molar-refractivity contribution in [2.24, 2.45) is 0 Å². The van der Waals surface area contributed by atoms with Gasteiger partial charge in [0.05, 0.1) is 5.92 Å². The van der Waals surface area contributed by atoms with E-state index in [1.165, 1.54) is 5.56 Å². The van der Waals surface area contributed by atoms with E-state index in [0.717, 1.165) is 18.4 Å². The normalized spacial score (nSPS) is 18.5. The predicted molar refractivity (Wildman–Crippen MR) is 91.9 cm³/mol. The van der Waals surface area contributed by atoms with E-state index in [0.29, 0.717) is 5.56 Å². The number of nitrogens with one attached hydrogen (secondary N) is 1. The van der Waals surface area contributed by atoms with Crippen LogP contribution in [0.2, 0.25) is 0 Å². The minimum Gasteiger partial charge on any atom is -0.481 e. The molecule has 124 valence electrons. The van der Waals surface area contributed by atoms with Crippen molar-refractivity contribution in [3.63, 3.8) is 0 Å². The molecule has 2 atom stereocenters. The van der Waals surface area contributed by atoms with E-state index in [1.807, 2.05) is 42.5 Å². The van der Waals surface area contributed by atoms with Gasteiger partial charge in [0.1, 0.15) is 5.41 Å². The summed E-state index contributed by atoms with van der Waals surface area (Å²) >= 11 is 0. The standard InChI is InChI=1S/C20H21NO3/c1-20(19(23)24,15-8-3-2-4-9-15)13-21-18(22)17-12-11-14-7-5-6-10-16(14)17/h2-10,17H,11-13H2,1H3,(H,21,22)(H,23,24). The number of carbonyl (C=O) groups is 2. The van der Waals surface area contributed by atoms with Crippen LogP contribution in [0.3, 0.4) is 0 Å². The molecule has 1 aliphatic rings. The summed E-state index contributed by atoms with van der Waals surface area (Å²) in [4.78, 5) is 24.4. The molecule has 2 unspecified atom stereocenters. The average molecular weight is 323 g/mol. The van der Waals surface area contributed by atoms with E-state index in [1.54, 1.807) is 19.1 Å². The van der Waals surface area contributed by atoms with Crippen molar-refractivity contribution in [3.05, 3.63) is 71.3 Å². The second-order valence-corrected chi connectivity index (χ2v) is 6.51. The molecule has 0 radical (unpaired) electrons. The maximum Gasteiger partial charge on any atom is 0.315 e. The van der Waals surface area contributed by atoms with Crippen LogP contribution in [-0.2, 0) is 21.4 Å². The van der Waals surface area contributed by atoms with Gasteiger partial charge in [-0.25, -0.2) is 0 Å². The SMILES string of the molecule is CC(CNC(=O)C1CCc2ccccc21)(C(=O)O)c1ccccc1. The molecule has 2 aromatic carbocycles. The van der Waals surface area contributed by atoms with Crippen molar-refractivity contribution in [1.82, 2.24) is 5.32 Å². The van der Waals surface area contributed by atoms with Gasteiger partial charge in [-0.3, -0.25) is 9.59 Å². The number of benzene rings is 2. The minimum absolute atomic E-state index is 0.0733. The lowest BCUT2D eigenvalue weighted by molar-refractivity contribution is -0.143. The zero-order valence-electron chi connectivity index (χ0n) is 13.7. The van der Waals surface area contributed by atoms with E-state index >= 15 is 0 Å². The topological polar surface area (TPSA) is 66.4 Å². The Balaban J connectivity index is 1.74. The molecule has 0 spiro atoms. The molecule has 3 rings (SSSR count). The van der Waals surface area contributed by atoms with Crippen LogP contribution in [0.15, 0.2) is 54.6 Å². The highest BCUT2D eigenvalue weighted by molar-refractivity contribution is 5.87. The summed E-state index contributed by atoms with van der Waals surface area (Å²) in [6, 6.07) is 17.0. The van der Waals surface area contributed by atoms with Crippen molar-refractivity contribution in [2.45, 2.75) is 31.1 Å². The lowest BCUT2D eigenvalue weighted by atomic mass is 9.82. The summed E-state index contributed by atoms with van der Waals surface area (Å²) in [6.07, 6.45) is 1.67. The lowest BCUT2D eigenvalue weighted by Crippen LogP contribution is -2.45. The molecule has 0 bridgehead atoms. The maximum atomic E-state index is 12.6. The third kappa shape index (κ3) is 2.92. The number of aryl methyl sites for hydroxylation is 1. The van der Waals surface area contributed by atoms with Crippen molar-refractivity contribution < 1.29 is 14.7 Å². The van der Waals surface area contributed by atoms with Crippen LogP contribution in [0.25, 0.3) is 0 Å². The van der Waals surface area contributed by atoms with Gasteiger partial charge in [0.15, 0.2) is 0 Å². The van der Waals surface area contributed by atoms with E-state index in [4.69, 9.17) is 0 Å². The quantitative estimate of drug-likeness (QED) is 0.889. The molecular formula is C20H21NO3. The number of hydrogen-bond donors (Lipinski definition) is 2. The molecule has 4 heteroatoms. The Morgan fingerprint density at radius 2 is 1.79 bits per heavy atom. The van der Waals surface area contributed by atoms with Gasteiger partial charge in [0, 0.05) is 6.54 Å². The van der Waals surface area contributed by atoms with Crippen LogP contribution in [0.4, 0.5) is 0 Å². The van der Waals surface area contributed by atoms with Crippen molar-refractivity contribution >= 4 is 11.9 Å². The Labute approximate surface area is 141 Å². The summed E-state index contributed by atoms with van der Waals surface area (Å²) in [5.74, 6) is -1.22. The van der Waals surface area contributed by atoms with Gasteiger partial charge in [-0.05, 0) is 36.5 Å². The molecule has 0 saturated carbocycles. The first-order chi connectivity index (χ1) is 11.5. The Bertz CT molecular complexity index is 756. The van der Waals surface area contributed by atoms with Gasteiger partial charge < -0.3 is 10.4 Å². The number of aliphatic carboxylic acids is 1. The van der Waals surface area contributed by atoms with Gasteiger partial charge in [-0.1, -0.05) is 54.6 Å². The van der Waals surface area contributed by atoms with Crippen molar-refractivity contribution in [1.29, 1.82) is 0 Å². The molecule has 2 N–H and O–H groups in total. The molecular weight excluding hydrogens is 302 g/mol. The van der Waals surface area contributed by atoms with E-state index < -0.39 is 11.4 Å². The molecule has 2 aromatic rings. The highest BCUT2D eigenvalue weighted by Gasteiger charge is 2.37. The molecule has 0 saturated heterocycles. The number of carbonyl (C=O) groups excluding carboxylic acids is 1. The second-order valence-electron chi connectivity index (χ2n) is 6.51. The third-order valence-corrected chi connectivity index (χ3v) is 4.95. The van der Waals surface area contributed by atoms with Crippen LogP contribution in [-0.4, -0.2) is 23.5 Å². The molecule has 0 aliphatic heterocycles. The molecule has 0 aromatic heterocycles. The minimum atomic E-state index is -1.14. The number of amides is 1. The van der Waals surface area contributed by atoms with Crippen LogP contribution in [0.5, 0.6) is 0 Å². The fourth-order valence-electron chi connectivity index (χ4n) is 3.32. The summed E-state index contributed by atoms with van der Waals surface area (Å²) in [5, 5.41) is 12.5. The zero-order chi connectivity index (χ0) is 17.2. The Morgan fingerprint density at radius 1 is 1.12 bits per heavy atom. The summed E-state index contributed by atoms with van der Waals surface area (Å²) in [6.45, 7) is 1.72. The highest BCUT2D eigenvalue weighted by Crippen LogP contribution is 2.33. The van der Waals surface area contributed by atoms with Crippen LogP contribution < -0.4 is 5.32 Å².